The fourth-order valence-corrected chi connectivity index (χ4v) is 2.38. The van der Waals surface area contributed by atoms with Gasteiger partial charge in [-0.3, -0.25) is 4.90 Å². The van der Waals surface area contributed by atoms with Crippen LogP contribution in [0.5, 0.6) is 0 Å². The summed E-state index contributed by atoms with van der Waals surface area (Å²) in [6.07, 6.45) is -4.27. The average molecular weight is 345 g/mol. The number of anilines is 1. The molecule has 2 rings (SSSR count). The molecule has 0 aliphatic carbocycles. The molecule has 1 aromatic rings. The lowest BCUT2D eigenvalue weighted by atomic mass is 10.1. The highest BCUT2D eigenvalue weighted by Gasteiger charge is 2.31. The van der Waals surface area contributed by atoms with Gasteiger partial charge in [-0.05, 0) is 32.0 Å². The van der Waals surface area contributed by atoms with Gasteiger partial charge in [0.2, 0.25) is 0 Å². The van der Waals surface area contributed by atoms with Gasteiger partial charge in [-0.2, -0.15) is 13.2 Å². The van der Waals surface area contributed by atoms with Crippen LogP contribution >= 0.6 is 24.8 Å². The minimum atomic E-state index is -4.27. The maximum absolute atomic E-state index is 12.7. The molecule has 2 nitrogen and oxygen atoms in total. The van der Waals surface area contributed by atoms with E-state index in [0.29, 0.717) is 11.7 Å². The van der Waals surface area contributed by atoms with E-state index in [2.05, 4.69) is 18.7 Å². The molecule has 122 valence electrons. The zero-order valence-electron chi connectivity index (χ0n) is 12.1. The van der Waals surface area contributed by atoms with Crippen molar-refractivity contribution in [2.24, 2.45) is 0 Å². The first-order valence-corrected chi connectivity index (χ1v) is 6.54. The first-order chi connectivity index (χ1) is 8.88. The van der Waals surface area contributed by atoms with Crippen LogP contribution in [0.4, 0.5) is 18.9 Å². The van der Waals surface area contributed by atoms with Gasteiger partial charge in [-0.15, -0.1) is 24.8 Å². The minimum absolute atomic E-state index is 0. The molecule has 0 unspecified atom stereocenters. The molecule has 0 N–H and O–H groups in total. The van der Waals surface area contributed by atoms with Crippen LogP contribution in [0.3, 0.4) is 0 Å². The summed E-state index contributed by atoms with van der Waals surface area (Å²) in [5.41, 5.74) is 0.0921. The van der Waals surface area contributed by atoms with Crippen LogP contribution in [0.2, 0.25) is 0 Å². The van der Waals surface area contributed by atoms with Crippen LogP contribution in [0.1, 0.15) is 19.4 Å². The molecular weight excluding hydrogens is 324 g/mol. The van der Waals surface area contributed by atoms with E-state index in [4.69, 9.17) is 0 Å². The third-order valence-corrected chi connectivity index (χ3v) is 3.58. The number of nitrogens with zero attached hydrogens (tertiary/aromatic N) is 2. The van der Waals surface area contributed by atoms with Crippen molar-refractivity contribution >= 4 is 30.5 Å². The Morgan fingerprint density at radius 1 is 1.00 bits per heavy atom. The van der Waals surface area contributed by atoms with Crippen molar-refractivity contribution in [3.63, 3.8) is 0 Å². The molecule has 0 bridgehead atoms. The third kappa shape index (κ3) is 5.24. The fraction of sp³-hybridized carbons (Fsp3) is 0.571. The molecule has 1 fully saturated rings. The van der Waals surface area contributed by atoms with Gasteiger partial charge in [0.25, 0.3) is 0 Å². The van der Waals surface area contributed by atoms with Gasteiger partial charge < -0.3 is 4.90 Å². The molecule has 0 aromatic heterocycles. The summed E-state index contributed by atoms with van der Waals surface area (Å²) in [7, 11) is 0. The molecule has 1 heterocycles. The highest BCUT2D eigenvalue weighted by atomic mass is 35.5. The summed E-state index contributed by atoms with van der Waals surface area (Å²) in [5.74, 6) is 0. The van der Waals surface area contributed by atoms with Crippen molar-refractivity contribution in [2.45, 2.75) is 26.1 Å². The molecule has 1 aliphatic rings. The number of hydrogen-bond donors (Lipinski definition) is 0. The zero-order chi connectivity index (χ0) is 14.0. The Hall–Kier alpha value is -0.650. The van der Waals surface area contributed by atoms with Crippen molar-refractivity contribution in [3.05, 3.63) is 29.8 Å². The highest BCUT2D eigenvalue weighted by Crippen LogP contribution is 2.31. The lowest BCUT2D eigenvalue weighted by Crippen LogP contribution is -2.48. The van der Waals surface area contributed by atoms with Gasteiger partial charge in [-0.25, -0.2) is 0 Å². The molecular formula is C14H21Cl2F3N2. The Morgan fingerprint density at radius 3 is 2.05 bits per heavy atom. The van der Waals surface area contributed by atoms with Crippen LogP contribution in [0, 0.1) is 0 Å². The van der Waals surface area contributed by atoms with Crippen molar-refractivity contribution in [2.75, 3.05) is 31.1 Å². The molecule has 7 heteroatoms. The summed E-state index contributed by atoms with van der Waals surface area (Å²) in [6.45, 7) is 7.63. The van der Waals surface area contributed by atoms with Gasteiger partial charge >= 0.3 is 6.18 Å². The van der Waals surface area contributed by atoms with E-state index in [-0.39, 0.29) is 24.8 Å². The minimum Gasteiger partial charge on any atom is -0.369 e. The largest absolute Gasteiger partial charge is 0.416 e. The van der Waals surface area contributed by atoms with Crippen molar-refractivity contribution in [3.8, 4) is 0 Å². The normalized spacial score (nSPS) is 16.4. The van der Waals surface area contributed by atoms with E-state index >= 15 is 0 Å². The Bertz CT molecular complexity index is 430. The molecule has 1 aromatic carbocycles. The summed E-state index contributed by atoms with van der Waals surface area (Å²) >= 11 is 0. The first-order valence-electron chi connectivity index (χ1n) is 6.54. The van der Waals surface area contributed by atoms with Gasteiger partial charge in [-0.1, -0.05) is 6.07 Å². The Balaban J connectivity index is 0.00000200. The SMILES string of the molecule is CC(C)N1CCN(c2cccc(C(F)(F)F)c2)CC1.Cl.Cl. The van der Waals surface area contributed by atoms with E-state index in [1.807, 2.05) is 4.90 Å². The second kappa shape index (κ2) is 8.11. The predicted octanol–water partition coefficient (Wildman–Crippen LogP) is 4.08. The van der Waals surface area contributed by atoms with Crippen LogP contribution < -0.4 is 4.90 Å². The van der Waals surface area contributed by atoms with Crippen molar-refractivity contribution in [1.29, 1.82) is 0 Å². The third-order valence-electron chi connectivity index (χ3n) is 3.58. The molecule has 1 aliphatic heterocycles. The van der Waals surface area contributed by atoms with Crippen molar-refractivity contribution in [1.82, 2.24) is 4.90 Å². The summed E-state index contributed by atoms with van der Waals surface area (Å²) in [5, 5.41) is 0. The molecule has 1 saturated heterocycles. The lowest BCUT2D eigenvalue weighted by molar-refractivity contribution is -0.137. The molecule has 0 amide bonds. The number of halogens is 5. The summed E-state index contributed by atoms with van der Waals surface area (Å²) < 4.78 is 38.0. The molecule has 0 saturated carbocycles. The van der Waals surface area contributed by atoms with Crippen LogP contribution in [-0.4, -0.2) is 37.1 Å². The second-order valence-electron chi connectivity index (χ2n) is 5.16. The van der Waals surface area contributed by atoms with E-state index < -0.39 is 11.7 Å². The standard InChI is InChI=1S/C14H19F3N2.2ClH/c1-11(2)18-6-8-19(9-7-18)13-5-3-4-12(10-13)14(15,16)17;;/h3-5,10-11H,6-9H2,1-2H3;2*1H. The number of benzene rings is 1. The predicted molar refractivity (Wildman–Crippen MR) is 84.9 cm³/mol. The van der Waals surface area contributed by atoms with E-state index in [9.17, 15) is 13.2 Å². The summed E-state index contributed by atoms with van der Waals surface area (Å²) in [4.78, 5) is 4.36. The van der Waals surface area contributed by atoms with Crippen molar-refractivity contribution < 1.29 is 13.2 Å². The molecule has 0 atom stereocenters. The topological polar surface area (TPSA) is 6.48 Å². The smallest absolute Gasteiger partial charge is 0.369 e. The van der Waals surface area contributed by atoms with Crippen LogP contribution in [0.15, 0.2) is 24.3 Å². The number of hydrogen-bond acceptors (Lipinski definition) is 2. The number of piperazine rings is 1. The Morgan fingerprint density at radius 2 is 1.57 bits per heavy atom. The van der Waals surface area contributed by atoms with E-state index in [1.54, 1.807) is 6.07 Å². The van der Waals surface area contributed by atoms with Crippen LogP contribution in [0.25, 0.3) is 0 Å². The summed E-state index contributed by atoms with van der Waals surface area (Å²) in [6, 6.07) is 6.08. The van der Waals surface area contributed by atoms with E-state index in [1.165, 1.54) is 12.1 Å². The fourth-order valence-electron chi connectivity index (χ4n) is 2.38. The Labute approximate surface area is 136 Å². The Kier molecular flexibility index (Phi) is 7.86. The molecule has 0 radical (unpaired) electrons. The first kappa shape index (κ1) is 20.3. The van der Waals surface area contributed by atoms with Gasteiger partial charge in [0.15, 0.2) is 0 Å². The van der Waals surface area contributed by atoms with Gasteiger partial charge in [0.1, 0.15) is 0 Å². The monoisotopic (exact) mass is 344 g/mol. The average Bonchev–Trinajstić information content (AvgIpc) is 2.38. The second-order valence-corrected chi connectivity index (χ2v) is 5.16. The molecule has 21 heavy (non-hydrogen) atoms. The van der Waals surface area contributed by atoms with Crippen LogP contribution in [-0.2, 0) is 6.18 Å². The van der Waals surface area contributed by atoms with Gasteiger partial charge in [0, 0.05) is 37.9 Å². The van der Waals surface area contributed by atoms with E-state index in [0.717, 1.165) is 32.2 Å². The number of alkyl halides is 3. The molecule has 0 spiro atoms. The maximum Gasteiger partial charge on any atom is 0.416 e. The van der Waals surface area contributed by atoms with Gasteiger partial charge in [0.05, 0.1) is 5.56 Å². The maximum atomic E-state index is 12.7. The zero-order valence-corrected chi connectivity index (χ0v) is 13.7. The quantitative estimate of drug-likeness (QED) is 0.797. The highest BCUT2D eigenvalue weighted by molar-refractivity contribution is 5.85. The lowest BCUT2D eigenvalue weighted by Gasteiger charge is -2.38. The number of rotatable bonds is 2.